The van der Waals surface area contributed by atoms with Gasteiger partial charge in [0.1, 0.15) is 5.82 Å². The molecule has 8 heteroatoms. The van der Waals surface area contributed by atoms with Crippen molar-refractivity contribution in [2.75, 3.05) is 36.9 Å². The minimum Gasteiger partial charge on any atom is -0.354 e. The molecule has 5 nitrogen and oxygen atoms in total. The van der Waals surface area contributed by atoms with E-state index in [0.717, 1.165) is 17.9 Å². The van der Waals surface area contributed by atoms with Crippen LogP contribution in [0.25, 0.3) is 0 Å². The van der Waals surface area contributed by atoms with Gasteiger partial charge < -0.3 is 5.32 Å². The monoisotopic (exact) mass is 386 g/mol. The molecule has 1 N–H and O–H groups in total. The van der Waals surface area contributed by atoms with Gasteiger partial charge in [0.15, 0.2) is 0 Å². The van der Waals surface area contributed by atoms with E-state index in [1.807, 2.05) is 0 Å². The number of thioether (sulfide) groups is 1. The highest BCUT2D eigenvalue weighted by molar-refractivity contribution is 7.99. The smallest absolute Gasteiger partial charge is 0.230 e. The summed E-state index contributed by atoms with van der Waals surface area (Å²) in [5.74, 6) is 0.974. The van der Waals surface area contributed by atoms with E-state index in [0.29, 0.717) is 31.5 Å². The van der Waals surface area contributed by atoms with Gasteiger partial charge in [-0.25, -0.2) is 17.1 Å². The molecular weight excluding hydrogens is 363 g/mol. The van der Waals surface area contributed by atoms with Crippen LogP contribution in [0.4, 0.5) is 4.39 Å². The van der Waals surface area contributed by atoms with E-state index in [2.05, 4.69) is 5.32 Å². The third kappa shape index (κ3) is 4.01. The second-order valence-electron chi connectivity index (χ2n) is 6.53. The summed E-state index contributed by atoms with van der Waals surface area (Å²) in [6.07, 6.45) is 2.24. The number of nitrogens with zero attached hydrogens (tertiary/aromatic N) is 1. The first-order valence-electron chi connectivity index (χ1n) is 8.54. The third-order valence-corrected chi connectivity index (χ3v) is 7.84. The Hall–Kier alpha value is -1.12. The van der Waals surface area contributed by atoms with Crippen LogP contribution < -0.4 is 5.32 Å². The molecule has 1 aromatic carbocycles. The second kappa shape index (κ2) is 7.63. The zero-order valence-corrected chi connectivity index (χ0v) is 15.7. The standard InChI is InChI=1S/C17H23FN2O3S2/c18-15-4-1-3-14(13-15)17(5-2-6-17)16(21)19-7-12-25(22,23)20-8-10-24-11-9-20/h1,3-4,13H,2,5-12H2,(H,19,21). The fourth-order valence-corrected chi connectivity index (χ4v) is 5.87. The van der Waals surface area contributed by atoms with Crippen molar-refractivity contribution < 1.29 is 17.6 Å². The van der Waals surface area contributed by atoms with E-state index in [-0.39, 0.29) is 24.0 Å². The van der Waals surface area contributed by atoms with Gasteiger partial charge in [0.25, 0.3) is 0 Å². The van der Waals surface area contributed by atoms with Gasteiger partial charge in [-0.3, -0.25) is 4.79 Å². The summed E-state index contributed by atoms with van der Waals surface area (Å²) < 4.78 is 39.7. The lowest BCUT2D eigenvalue weighted by Gasteiger charge is -2.40. The summed E-state index contributed by atoms with van der Waals surface area (Å²) in [7, 11) is -3.34. The number of sulfonamides is 1. The highest BCUT2D eigenvalue weighted by atomic mass is 32.2. The molecule has 1 heterocycles. The molecule has 0 bridgehead atoms. The Morgan fingerprint density at radius 1 is 1.28 bits per heavy atom. The number of carbonyl (C=O) groups excluding carboxylic acids is 1. The molecule has 3 rings (SSSR count). The zero-order valence-electron chi connectivity index (χ0n) is 14.0. The van der Waals surface area contributed by atoms with Crippen LogP contribution in [0.2, 0.25) is 0 Å². The molecule has 2 fully saturated rings. The highest BCUT2D eigenvalue weighted by Gasteiger charge is 2.45. The average molecular weight is 387 g/mol. The first-order chi connectivity index (χ1) is 11.9. The van der Waals surface area contributed by atoms with Crippen molar-refractivity contribution in [2.45, 2.75) is 24.7 Å². The van der Waals surface area contributed by atoms with E-state index in [4.69, 9.17) is 0 Å². The quantitative estimate of drug-likeness (QED) is 0.809. The van der Waals surface area contributed by atoms with Crippen molar-refractivity contribution in [1.82, 2.24) is 9.62 Å². The largest absolute Gasteiger partial charge is 0.354 e. The lowest BCUT2D eigenvalue weighted by Crippen LogP contribution is -2.50. The molecule has 1 saturated heterocycles. The summed E-state index contributed by atoms with van der Waals surface area (Å²) in [4.78, 5) is 12.7. The first kappa shape index (κ1) is 18.7. The number of nitrogens with one attached hydrogen (secondary N) is 1. The molecule has 2 aliphatic rings. The Labute approximate surface area is 152 Å². The van der Waals surface area contributed by atoms with Crippen LogP contribution in [-0.2, 0) is 20.2 Å². The Morgan fingerprint density at radius 2 is 2.00 bits per heavy atom. The van der Waals surface area contributed by atoms with Crippen molar-refractivity contribution >= 4 is 27.7 Å². The predicted molar refractivity (Wildman–Crippen MR) is 97.6 cm³/mol. The number of hydrogen-bond acceptors (Lipinski definition) is 4. The summed E-state index contributed by atoms with van der Waals surface area (Å²) in [6, 6.07) is 6.14. The highest BCUT2D eigenvalue weighted by Crippen LogP contribution is 2.44. The Bertz CT molecular complexity index is 729. The van der Waals surface area contributed by atoms with Crippen LogP contribution in [0.1, 0.15) is 24.8 Å². The fourth-order valence-electron chi connectivity index (χ4n) is 3.38. The zero-order chi connectivity index (χ0) is 17.9. The van der Waals surface area contributed by atoms with Crippen molar-refractivity contribution in [3.63, 3.8) is 0 Å². The van der Waals surface area contributed by atoms with Crippen LogP contribution >= 0.6 is 11.8 Å². The molecular formula is C17H23FN2O3S2. The maximum Gasteiger partial charge on any atom is 0.230 e. The van der Waals surface area contributed by atoms with Crippen LogP contribution in [0.5, 0.6) is 0 Å². The molecule has 1 saturated carbocycles. The predicted octanol–water partition coefficient (Wildman–Crippen LogP) is 1.74. The van der Waals surface area contributed by atoms with Gasteiger partial charge in [-0.2, -0.15) is 11.8 Å². The van der Waals surface area contributed by atoms with Crippen molar-refractivity contribution in [1.29, 1.82) is 0 Å². The Kier molecular flexibility index (Phi) is 5.70. The SMILES string of the molecule is O=C(NCCS(=O)(=O)N1CCSCC1)C1(c2cccc(F)c2)CCC1. The molecule has 0 atom stereocenters. The van der Waals surface area contributed by atoms with E-state index in [1.54, 1.807) is 23.9 Å². The Morgan fingerprint density at radius 3 is 2.60 bits per heavy atom. The van der Waals surface area contributed by atoms with Gasteiger partial charge in [-0.15, -0.1) is 0 Å². The van der Waals surface area contributed by atoms with Crippen LogP contribution in [0.3, 0.4) is 0 Å². The molecule has 0 aromatic heterocycles. The molecule has 0 unspecified atom stereocenters. The number of rotatable bonds is 6. The fraction of sp³-hybridized carbons (Fsp3) is 0.588. The van der Waals surface area contributed by atoms with Gasteiger partial charge in [0, 0.05) is 31.1 Å². The molecule has 138 valence electrons. The summed E-state index contributed by atoms with van der Waals surface area (Å²) >= 11 is 1.75. The molecule has 25 heavy (non-hydrogen) atoms. The lowest BCUT2D eigenvalue weighted by molar-refractivity contribution is -0.129. The molecule has 1 amide bonds. The van der Waals surface area contributed by atoms with Crippen molar-refractivity contribution in [2.24, 2.45) is 0 Å². The average Bonchev–Trinajstić information content (AvgIpc) is 2.54. The number of hydrogen-bond donors (Lipinski definition) is 1. The molecule has 0 radical (unpaired) electrons. The summed E-state index contributed by atoms with van der Waals surface area (Å²) in [5.41, 5.74) is -0.0414. The molecule has 1 aliphatic heterocycles. The van der Waals surface area contributed by atoms with Crippen molar-refractivity contribution in [3.8, 4) is 0 Å². The Balaban J connectivity index is 1.60. The summed E-state index contributed by atoms with van der Waals surface area (Å²) in [5, 5.41) is 2.77. The van der Waals surface area contributed by atoms with Gasteiger partial charge in [0.05, 0.1) is 11.2 Å². The van der Waals surface area contributed by atoms with Gasteiger partial charge >= 0.3 is 0 Å². The first-order valence-corrected chi connectivity index (χ1v) is 11.3. The van der Waals surface area contributed by atoms with Crippen LogP contribution in [0, 0.1) is 5.82 Å². The van der Waals surface area contributed by atoms with E-state index in [9.17, 15) is 17.6 Å². The van der Waals surface area contributed by atoms with Gasteiger partial charge in [-0.1, -0.05) is 18.6 Å². The van der Waals surface area contributed by atoms with Gasteiger partial charge in [0.2, 0.25) is 15.9 Å². The molecule has 1 aliphatic carbocycles. The maximum absolute atomic E-state index is 13.5. The number of carbonyl (C=O) groups is 1. The second-order valence-corrected chi connectivity index (χ2v) is 9.84. The topological polar surface area (TPSA) is 66.5 Å². The van der Waals surface area contributed by atoms with Crippen LogP contribution in [-0.4, -0.2) is 55.5 Å². The third-order valence-electron chi connectivity index (χ3n) is 5.03. The van der Waals surface area contributed by atoms with Crippen molar-refractivity contribution in [3.05, 3.63) is 35.6 Å². The summed E-state index contributed by atoms with van der Waals surface area (Å²) in [6.45, 7) is 1.16. The van der Waals surface area contributed by atoms with E-state index < -0.39 is 15.4 Å². The lowest BCUT2D eigenvalue weighted by atomic mass is 9.64. The van der Waals surface area contributed by atoms with Crippen LogP contribution in [0.15, 0.2) is 24.3 Å². The van der Waals surface area contributed by atoms with E-state index in [1.165, 1.54) is 16.4 Å². The molecule has 0 spiro atoms. The maximum atomic E-state index is 13.5. The number of amides is 1. The minimum absolute atomic E-state index is 0.0852. The van der Waals surface area contributed by atoms with E-state index >= 15 is 0 Å². The number of benzene rings is 1. The minimum atomic E-state index is -3.34. The number of halogens is 1. The normalized spacial score (nSPS) is 20.7. The van der Waals surface area contributed by atoms with Gasteiger partial charge in [-0.05, 0) is 30.5 Å². The molecule has 1 aromatic rings.